The smallest absolute Gasteiger partial charge is 0.345 e. The lowest BCUT2D eigenvalue weighted by atomic mass is 10.4. The summed E-state index contributed by atoms with van der Waals surface area (Å²) in [7, 11) is 0. The third-order valence-corrected chi connectivity index (χ3v) is 3.20. The van der Waals surface area contributed by atoms with Gasteiger partial charge in [0.05, 0.1) is 0 Å². The van der Waals surface area contributed by atoms with Crippen LogP contribution in [0, 0.1) is 0 Å². The fourth-order valence-electron chi connectivity index (χ4n) is 1.25. The molecule has 0 aromatic carbocycles. The number of carboxylic acid groups (broad SMARTS) is 1. The number of hydrogen-bond acceptors (Lipinski definition) is 3. The Hall–Kier alpha value is -0.870. The van der Waals surface area contributed by atoms with Gasteiger partial charge in [-0.1, -0.05) is 13.8 Å². The highest BCUT2D eigenvalue weighted by Crippen LogP contribution is 2.17. The molecule has 0 spiro atoms. The summed E-state index contributed by atoms with van der Waals surface area (Å²) in [6.45, 7) is 7.06. The minimum Gasteiger partial charge on any atom is -0.477 e. The van der Waals surface area contributed by atoms with E-state index in [0.29, 0.717) is 4.88 Å². The van der Waals surface area contributed by atoms with Gasteiger partial charge in [0.1, 0.15) is 4.88 Å². The Labute approximate surface area is 88.0 Å². The monoisotopic (exact) mass is 213 g/mol. The molecule has 3 nitrogen and oxygen atoms in total. The van der Waals surface area contributed by atoms with Gasteiger partial charge in [-0.15, -0.1) is 11.3 Å². The maximum absolute atomic E-state index is 10.6. The molecule has 0 saturated carbocycles. The molecule has 1 N–H and O–H groups in total. The third-order valence-electron chi connectivity index (χ3n) is 2.15. The van der Waals surface area contributed by atoms with Crippen molar-refractivity contribution in [2.75, 3.05) is 13.1 Å². The molecule has 0 aliphatic heterocycles. The van der Waals surface area contributed by atoms with Gasteiger partial charge in [0.25, 0.3) is 0 Å². The molecule has 0 bridgehead atoms. The number of carbonyl (C=O) groups is 1. The van der Waals surface area contributed by atoms with E-state index in [4.69, 9.17) is 5.11 Å². The fraction of sp³-hybridized carbons (Fsp3) is 0.500. The zero-order valence-corrected chi connectivity index (χ0v) is 9.30. The number of nitrogens with zero attached hydrogens (tertiary/aromatic N) is 1. The van der Waals surface area contributed by atoms with Gasteiger partial charge in [-0.2, -0.15) is 0 Å². The molecule has 0 aliphatic rings. The molecular formula is C10H15NO2S. The first-order valence-electron chi connectivity index (χ1n) is 4.71. The lowest BCUT2D eigenvalue weighted by molar-refractivity contribution is 0.0702. The lowest BCUT2D eigenvalue weighted by Gasteiger charge is -2.16. The van der Waals surface area contributed by atoms with Crippen LogP contribution in [0.4, 0.5) is 0 Å². The van der Waals surface area contributed by atoms with Crippen molar-refractivity contribution in [3.63, 3.8) is 0 Å². The van der Waals surface area contributed by atoms with Gasteiger partial charge in [-0.05, 0) is 25.2 Å². The normalized spacial score (nSPS) is 10.8. The van der Waals surface area contributed by atoms with Crippen LogP contribution in [0.25, 0.3) is 0 Å². The van der Waals surface area contributed by atoms with E-state index >= 15 is 0 Å². The molecule has 1 aromatic rings. The van der Waals surface area contributed by atoms with Crippen LogP contribution in [-0.2, 0) is 6.54 Å². The summed E-state index contributed by atoms with van der Waals surface area (Å²) in [6.07, 6.45) is 0. The van der Waals surface area contributed by atoms with E-state index in [2.05, 4.69) is 18.7 Å². The van der Waals surface area contributed by atoms with E-state index in [1.165, 1.54) is 11.3 Å². The van der Waals surface area contributed by atoms with Gasteiger partial charge < -0.3 is 5.11 Å². The third kappa shape index (κ3) is 2.82. The summed E-state index contributed by atoms with van der Waals surface area (Å²) >= 11 is 1.36. The summed E-state index contributed by atoms with van der Waals surface area (Å²) in [4.78, 5) is 14.4. The maximum atomic E-state index is 10.6. The first-order valence-corrected chi connectivity index (χ1v) is 5.53. The van der Waals surface area contributed by atoms with E-state index < -0.39 is 5.97 Å². The minimum absolute atomic E-state index is 0.423. The van der Waals surface area contributed by atoms with Crippen molar-refractivity contribution in [2.45, 2.75) is 20.4 Å². The van der Waals surface area contributed by atoms with Crippen molar-refractivity contribution in [1.29, 1.82) is 0 Å². The van der Waals surface area contributed by atoms with Crippen molar-refractivity contribution < 1.29 is 9.90 Å². The Morgan fingerprint density at radius 3 is 2.50 bits per heavy atom. The molecule has 0 atom stereocenters. The van der Waals surface area contributed by atoms with E-state index in [9.17, 15) is 4.79 Å². The fourth-order valence-corrected chi connectivity index (χ4v) is 2.13. The van der Waals surface area contributed by atoms with E-state index in [1.54, 1.807) is 6.07 Å². The lowest BCUT2D eigenvalue weighted by Crippen LogP contribution is -2.21. The van der Waals surface area contributed by atoms with Crippen LogP contribution in [0.5, 0.6) is 0 Å². The molecule has 1 heterocycles. The maximum Gasteiger partial charge on any atom is 0.345 e. The highest BCUT2D eigenvalue weighted by Gasteiger charge is 2.08. The predicted octanol–water partition coefficient (Wildman–Crippen LogP) is 2.29. The Morgan fingerprint density at radius 1 is 1.43 bits per heavy atom. The molecule has 0 amide bonds. The summed E-state index contributed by atoms with van der Waals surface area (Å²) in [6, 6.07) is 3.57. The van der Waals surface area contributed by atoms with Gasteiger partial charge in [0.15, 0.2) is 0 Å². The van der Waals surface area contributed by atoms with Crippen LogP contribution < -0.4 is 0 Å². The predicted molar refractivity (Wildman–Crippen MR) is 57.9 cm³/mol. The highest BCUT2D eigenvalue weighted by atomic mass is 32.1. The molecule has 4 heteroatoms. The Morgan fingerprint density at radius 2 is 2.07 bits per heavy atom. The van der Waals surface area contributed by atoms with Crippen molar-refractivity contribution in [3.8, 4) is 0 Å². The Balaban J connectivity index is 2.63. The molecule has 0 unspecified atom stereocenters. The van der Waals surface area contributed by atoms with E-state index in [-0.39, 0.29) is 0 Å². The van der Waals surface area contributed by atoms with Gasteiger partial charge in [0.2, 0.25) is 0 Å². The minimum atomic E-state index is -0.833. The van der Waals surface area contributed by atoms with E-state index in [1.807, 2.05) is 6.07 Å². The summed E-state index contributed by atoms with van der Waals surface area (Å²) in [5.41, 5.74) is 0. The van der Waals surface area contributed by atoms with Gasteiger partial charge in [0, 0.05) is 11.4 Å². The quantitative estimate of drug-likeness (QED) is 0.815. The molecule has 14 heavy (non-hydrogen) atoms. The first-order chi connectivity index (χ1) is 6.67. The number of thiophene rings is 1. The summed E-state index contributed by atoms with van der Waals surface area (Å²) in [5, 5.41) is 8.74. The van der Waals surface area contributed by atoms with Gasteiger partial charge in [-0.25, -0.2) is 4.79 Å². The molecule has 0 aliphatic carbocycles. The molecule has 1 rings (SSSR count). The molecular weight excluding hydrogens is 198 g/mol. The highest BCUT2D eigenvalue weighted by molar-refractivity contribution is 7.13. The molecule has 0 saturated heterocycles. The molecule has 1 aromatic heterocycles. The van der Waals surface area contributed by atoms with Crippen LogP contribution in [0.2, 0.25) is 0 Å². The Bertz CT molecular complexity index is 305. The number of rotatable bonds is 5. The van der Waals surface area contributed by atoms with Crippen LogP contribution >= 0.6 is 11.3 Å². The van der Waals surface area contributed by atoms with Crippen LogP contribution in [0.1, 0.15) is 28.4 Å². The Kier molecular flexibility index (Phi) is 4.10. The molecule has 78 valence electrons. The molecule has 0 radical (unpaired) electrons. The van der Waals surface area contributed by atoms with Crippen molar-refractivity contribution >= 4 is 17.3 Å². The SMILES string of the molecule is CCN(CC)Cc1ccc(C(=O)O)s1. The van der Waals surface area contributed by atoms with Gasteiger partial charge in [-0.3, -0.25) is 4.90 Å². The zero-order valence-electron chi connectivity index (χ0n) is 8.49. The standard InChI is InChI=1S/C10H15NO2S/c1-3-11(4-2)7-8-5-6-9(14-8)10(12)13/h5-6H,3-4,7H2,1-2H3,(H,12,13). The van der Waals surface area contributed by atoms with Crippen molar-refractivity contribution in [2.24, 2.45) is 0 Å². The summed E-state index contributed by atoms with van der Waals surface area (Å²) in [5.74, 6) is -0.833. The topological polar surface area (TPSA) is 40.5 Å². The van der Waals surface area contributed by atoms with Crippen LogP contribution in [-0.4, -0.2) is 29.1 Å². The van der Waals surface area contributed by atoms with Crippen molar-refractivity contribution in [1.82, 2.24) is 4.90 Å². The second kappa shape index (κ2) is 5.12. The number of hydrogen-bond donors (Lipinski definition) is 1. The largest absolute Gasteiger partial charge is 0.477 e. The first kappa shape index (κ1) is 11.2. The number of aromatic carboxylic acids is 1. The number of carboxylic acids is 1. The average molecular weight is 213 g/mol. The van der Waals surface area contributed by atoms with Gasteiger partial charge >= 0.3 is 5.97 Å². The van der Waals surface area contributed by atoms with Crippen molar-refractivity contribution in [3.05, 3.63) is 21.9 Å². The second-order valence-electron chi connectivity index (χ2n) is 3.03. The second-order valence-corrected chi connectivity index (χ2v) is 4.20. The van der Waals surface area contributed by atoms with Crippen LogP contribution in [0.3, 0.4) is 0 Å². The average Bonchev–Trinajstić information content (AvgIpc) is 2.62. The zero-order chi connectivity index (χ0) is 10.6. The van der Waals surface area contributed by atoms with E-state index in [0.717, 1.165) is 24.5 Å². The summed E-state index contributed by atoms with van der Waals surface area (Å²) < 4.78 is 0. The van der Waals surface area contributed by atoms with Crippen LogP contribution in [0.15, 0.2) is 12.1 Å². The molecule has 0 fully saturated rings.